The number of halogens is 2. The third-order valence-corrected chi connectivity index (χ3v) is 2.36. The molecule has 19 heavy (non-hydrogen) atoms. The van der Waals surface area contributed by atoms with Crippen molar-refractivity contribution >= 4 is 0 Å². The van der Waals surface area contributed by atoms with Crippen molar-refractivity contribution in [2.45, 2.75) is 12.8 Å². The summed E-state index contributed by atoms with van der Waals surface area (Å²) in [5.74, 6) is 0. The summed E-state index contributed by atoms with van der Waals surface area (Å²) in [5, 5.41) is 0. The number of hydrogen-bond acceptors (Lipinski definition) is 1. The first-order valence-electron chi connectivity index (χ1n) is 5.81. The summed E-state index contributed by atoms with van der Waals surface area (Å²) in [6, 6.07) is 18.6. The van der Waals surface area contributed by atoms with Crippen molar-refractivity contribution in [3.05, 3.63) is 60.2 Å². The van der Waals surface area contributed by atoms with E-state index in [1.165, 1.54) is 24.9 Å². The second-order valence-corrected chi connectivity index (χ2v) is 4.16. The van der Waals surface area contributed by atoms with Gasteiger partial charge in [0.05, 0.1) is 0 Å². The van der Waals surface area contributed by atoms with Crippen LogP contribution in [0.15, 0.2) is 54.6 Å². The fourth-order valence-corrected chi connectivity index (χ4v) is 1.50. The van der Waals surface area contributed by atoms with E-state index in [-0.39, 0.29) is 51.0 Å². The van der Waals surface area contributed by atoms with Gasteiger partial charge in [-0.15, -0.1) is 0 Å². The van der Waals surface area contributed by atoms with Crippen LogP contribution in [-0.2, 0) is 32.6 Å². The third-order valence-electron chi connectivity index (χ3n) is 2.36. The Morgan fingerprint density at radius 1 is 0.947 bits per heavy atom. The van der Waals surface area contributed by atoms with Gasteiger partial charge >= 0.3 is 26.2 Å². The molecule has 0 heterocycles. The average molecular weight is 377 g/mol. The summed E-state index contributed by atoms with van der Waals surface area (Å²) >= 11 is 0. The molecule has 2 rings (SSSR count). The molecule has 0 aliphatic carbocycles. The third kappa shape index (κ3) is 14.3. The van der Waals surface area contributed by atoms with Crippen LogP contribution in [-0.4, -0.2) is 25.5 Å². The zero-order chi connectivity index (χ0) is 11.6. The van der Waals surface area contributed by atoms with E-state index in [0.29, 0.717) is 0 Å². The van der Waals surface area contributed by atoms with E-state index in [4.69, 9.17) is 0 Å². The van der Waals surface area contributed by atoms with Crippen molar-refractivity contribution in [1.82, 2.24) is 4.90 Å². The van der Waals surface area contributed by atoms with Gasteiger partial charge in [-0.25, -0.2) is 24.3 Å². The van der Waals surface area contributed by atoms with Crippen LogP contribution >= 0.6 is 0 Å². The quantitative estimate of drug-likeness (QED) is 0.525. The molecule has 0 radical (unpaired) electrons. The zero-order valence-corrected chi connectivity index (χ0v) is 15.5. The average Bonchev–Trinajstić information content (AvgIpc) is 2.93. The Hall–Kier alpha value is 0.123. The molecule has 0 N–H and O–H groups in total. The number of aryl methyl sites for hydroxylation is 1. The Kier molecular flexibility index (Phi) is 20.6. The molecule has 104 valence electrons. The van der Waals surface area contributed by atoms with E-state index in [1.54, 1.807) is 0 Å². The number of nitrogens with zero attached hydrogens (tertiary/aromatic N) is 1. The van der Waals surface area contributed by atoms with E-state index in [0.717, 1.165) is 0 Å². The minimum absolute atomic E-state index is 0. The van der Waals surface area contributed by atoms with E-state index < -0.39 is 0 Å². The summed E-state index contributed by atoms with van der Waals surface area (Å²) in [5.41, 5.74) is 1.46. The standard InChI is InChI=1S/C10H16N.C5H5.2ClH.Zr/c1-11(2)9-5-8-10-6-3-4-7-10;1-2-4-5-3-1;;;/h3-4,6-7H,5,8-9H2,1-2H3;1-5H;2*1H;/q2*-1;;;+4/p-2. The van der Waals surface area contributed by atoms with Gasteiger partial charge in [0.1, 0.15) is 0 Å². The monoisotopic (exact) mass is 375 g/mol. The van der Waals surface area contributed by atoms with Gasteiger partial charge in [0.15, 0.2) is 0 Å². The molecule has 2 aromatic carbocycles. The number of rotatable bonds is 4. The predicted molar refractivity (Wildman–Crippen MR) is 70.9 cm³/mol. The molecule has 0 amide bonds. The molecule has 0 aliphatic rings. The Balaban J connectivity index is -0.000000277. The van der Waals surface area contributed by atoms with E-state index >= 15 is 0 Å². The molecule has 4 heteroatoms. The fourth-order valence-electron chi connectivity index (χ4n) is 1.50. The Bertz CT molecular complexity index is 314. The van der Waals surface area contributed by atoms with Crippen molar-refractivity contribution in [2.75, 3.05) is 20.6 Å². The van der Waals surface area contributed by atoms with E-state index in [9.17, 15) is 0 Å². The molecule has 1 nitrogen and oxygen atoms in total. The second-order valence-electron chi connectivity index (χ2n) is 4.16. The van der Waals surface area contributed by atoms with Gasteiger partial charge in [0.2, 0.25) is 0 Å². The van der Waals surface area contributed by atoms with Crippen molar-refractivity contribution in [3.8, 4) is 0 Å². The topological polar surface area (TPSA) is 3.24 Å². The van der Waals surface area contributed by atoms with Gasteiger partial charge in [-0.2, -0.15) is 35.9 Å². The predicted octanol–water partition coefficient (Wildman–Crippen LogP) is -2.69. The molecule has 0 unspecified atom stereocenters. The van der Waals surface area contributed by atoms with Crippen LogP contribution in [0.1, 0.15) is 12.0 Å². The molecule has 2 aromatic rings. The van der Waals surface area contributed by atoms with Gasteiger partial charge in [0, 0.05) is 0 Å². The molecule has 0 saturated carbocycles. The second kappa shape index (κ2) is 16.2. The number of hydrogen-bond donors (Lipinski definition) is 0. The van der Waals surface area contributed by atoms with Gasteiger partial charge in [0.25, 0.3) is 0 Å². The SMILES string of the molecule is CN(C)CCC[c-]1cccc1.[Cl-].[Cl-].[Zr+4].c1cc[cH-]c1. The van der Waals surface area contributed by atoms with E-state index in [2.05, 4.69) is 43.3 Å². The minimum Gasteiger partial charge on any atom is -1.00 e. The Morgan fingerprint density at radius 2 is 1.47 bits per heavy atom. The van der Waals surface area contributed by atoms with Gasteiger partial charge < -0.3 is 29.7 Å². The van der Waals surface area contributed by atoms with Crippen molar-refractivity contribution < 1.29 is 51.0 Å². The summed E-state index contributed by atoms with van der Waals surface area (Å²) in [4.78, 5) is 2.23. The Morgan fingerprint density at radius 3 is 1.84 bits per heavy atom. The van der Waals surface area contributed by atoms with Crippen LogP contribution in [0, 0.1) is 0 Å². The molecular formula is C15H21Cl2NZr. The normalized spacial score (nSPS) is 8.37. The largest absolute Gasteiger partial charge is 4.00 e. The molecule has 0 spiro atoms. The van der Waals surface area contributed by atoms with Crippen LogP contribution in [0.2, 0.25) is 0 Å². The van der Waals surface area contributed by atoms with Gasteiger partial charge in [-0.1, -0.05) is 6.42 Å². The maximum Gasteiger partial charge on any atom is 4.00 e. The maximum absolute atomic E-state index is 2.23. The molecule has 0 bridgehead atoms. The molecule has 0 aliphatic heterocycles. The van der Waals surface area contributed by atoms with Gasteiger partial charge in [-0.05, 0) is 27.1 Å². The van der Waals surface area contributed by atoms with Gasteiger partial charge in [-0.3, -0.25) is 0 Å². The smallest absolute Gasteiger partial charge is 1.00 e. The molecule has 0 fully saturated rings. The minimum atomic E-state index is 0. The van der Waals surface area contributed by atoms with Crippen LogP contribution in [0.25, 0.3) is 0 Å². The van der Waals surface area contributed by atoms with Crippen LogP contribution in [0.3, 0.4) is 0 Å². The summed E-state index contributed by atoms with van der Waals surface area (Å²) in [6.07, 6.45) is 2.47. The van der Waals surface area contributed by atoms with Crippen molar-refractivity contribution in [2.24, 2.45) is 0 Å². The molecular weight excluding hydrogens is 356 g/mol. The summed E-state index contributed by atoms with van der Waals surface area (Å²) in [6.45, 7) is 1.19. The fraction of sp³-hybridized carbons (Fsp3) is 0.333. The molecule has 0 saturated heterocycles. The van der Waals surface area contributed by atoms with Crippen LogP contribution in [0.4, 0.5) is 0 Å². The van der Waals surface area contributed by atoms with Crippen LogP contribution < -0.4 is 24.8 Å². The zero-order valence-electron chi connectivity index (χ0n) is 11.5. The first kappa shape index (κ1) is 24.2. The molecule has 0 aromatic heterocycles. The first-order valence-corrected chi connectivity index (χ1v) is 5.81. The summed E-state index contributed by atoms with van der Waals surface area (Å²) in [7, 11) is 4.23. The molecule has 0 atom stereocenters. The van der Waals surface area contributed by atoms with Crippen molar-refractivity contribution in [3.63, 3.8) is 0 Å². The van der Waals surface area contributed by atoms with Crippen molar-refractivity contribution in [1.29, 1.82) is 0 Å². The maximum atomic E-state index is 2.23. The Labute approximate surface area is 149 Å². The van der Waals surface area contributed by atoms with Crippen LogP contribution in [0.5, 0.6) is 0 Å². The first-order chi connectivity index (χ1) is 7.79. The summed E-state index contributed by atoms with van der Waals surface area (Å²) < 4.78 is 0. The van der Waals surface area contributed by atoms with E-state index in [1.807, 2.05) is 30.3 Å².